The molecule has 0 aromatic heterocycles. The van der Waals surface area contributed by atoms with Gasteiger partial charge in [-0.15, -0.1) is 0 Å². The molecule has 0 unspecified atom stereocenters. The second-order valence-electron chi connectivity index (χ2n) is 5.73. The summed E-state index contributed by atoms with van der Waals surface area (Å²) in [7, 11) is 0. The Bertz CT molecular complexity index is 596. The van der Waals surface area contributed by atoms with Crippen LogP contribution in [0.25, 0.3) is 0 Å². The zero-order valence-electron chi connectivity index (χ0n) is 14.6. The Labute approximate surface area is 150 Å². The zero-order chi connectivity index (χ0) is 17.2. The Balaban J connectivity index is 2.22. The van der Waals surface area contributed by atoms with Gasteiger partial charge in [0, 0.05) is 11.1 Å². The van der Waals surface area contributed by atoms with Crippen LogP contribution in [0.1, 0.15) is 50.7 Å². The van der Waals surface area contributed by atoms with E-state index in [0.29, 0.717) is 13.2 Å². The van der Waals surface area contributed by atoms with E-state index in [1.807, 2.05) is 48.5 Å². The van der Waals surface area contributed by atoms with Gasteiger partial charge in [-0.1, -0.05) is 63.2 Å². The first-order valence-corrected chi connectivity index (χ1v) is 9.17. The van der Waals surface area contributed by atoms with E-state index in [9.17, 15) is 0 Å². The number of hydrogen-bond donors (Lipinski definition) is 0. The summed E-state index contributed by atoms with van der Waals surface area (Å²) in [6.07, 6.45) is 4.30. The molecule has 24 heavy (non-hydrogen) atoms. The highest BCUT2D eigenvalue weighted by atomic mass is 32.1. The van der Waals surface area contributed by atoms with Crippen molar-refractivity contribution in [2.75, 3.05) is 13.2 Å². The van der Waals surface area contributed by atoms with Crippen LogP contribution in [-0.2, 0) is 0 Å². The van der Waals surface area contributed by atoms with Crippen molar-refractivity contribution >= 4 is 17.1 Å². The van der Waals surface area contributed by atoms with Crippen LogP contribution in [0.3, 0.4) is 0 Å². The largest absolute Gasteiger partial charge is 0.493 e. The molecule has 0 atom stereocenters. The third-order valence-corrected chi connectivity index (χ3v) is 4.21. The van der Waals surface area contributed by atoms with E-state index < -0.39 is 0 Å². The van der Waals surface area contributed by atoms with Gasteiger partial charge in [0.1, 0.15) is 11.5 Å². The molecule has 2 aromatic carbocycles. The van der Waals surface area contributed by atoms with Gasteiger partial charge in [-0.25, -0.2) is 0 Å². The molecule has 0 fully saturated rings. The SMILES string of the molecule is CCCCOc1ccccc1C(=S)c1ccccc1OCCCC. The van der Waals surface area contributed by atoms with Gasteiger partial charge in [0.05, 0.1) is 18.1 Å². The van der Waals surface area contributed by atoms with E-state index in [4.69, 9.17) is 21.7 Å². The first kappa shape index (κ1) is 18.5. The van der Waals surface area contributed by atoms with Crippen LogP contribution >= 0.6 is 12.2 Å². The van der Waals surface area contributed by atoms with Gasteiger partial charge >= 0.3 is 0 Å². The third-order valence-electron chi connectivity index (χ3n) is 3.77. The fourth-order valence-electron chi connectivity index (χ4n) is 2.36. The minimum Gasteiger partial charge on any atom is -0.493 e. The summed E-state index contributed by atoms with van der Waals surface area (Å²) < 4.78 is 11.9. The van der Waals surface area contributed by atoms with Crippen LogP contribution in [0.4, 0.5) is 0 Å². The first-order valence-electron chi connectivity index (χ1n) is 8.76. The Morgan fingerprint density at radius 3 is 1.58 bits per heavy atom. The maximum absolute atomic E-state index is 5.93. The Kier molecular flexibility index (Phi) is 7.76. The molecule has 0 spiro atoms. The van der Waals surface area contributed by atoms with E-state index in [1.165, 1.54) is 0 Å². The standard InChI is InChI=1S/C21H26O2S/c1-3-5-15-22-19-13-9-7-11-17(19)21(24)18-12-8-10-14-20(18)23-16-6-4-2/h7-14H,3-6,15-16H2,1-2H3. The summed E-state index contributed by atoms with van der Waals surface area (Å²) in [6.45, 7) is 5.74. The predicted octanol–water partition coefficient (Wildman–Crippen LogP) is 5.81. The molecule has 0 heterocycles. The predicted molar refractivity (Wildman–Crippen MR) is 104 cm³/mol. The molecule has 0 aliphatic rings. The van der Waals surface area contributed by atoms with E-state index in [2.05, 4.69) is 13.8 Å². The van der Waals surface area contributed by atoms with E-state index in [0.717, 1.165) is 53.2 Å². The van der Waals surface area contributed by atoms with Gasteiger partial charge in [-0.3, -0.25) is 0 Å². The van der Waals surface area contributed by atoms with Crippen LogP contribution < -0.4 is 9.47 Å². The second-order valence-corrected chi connectivity index (χ2v) is 6.13. The Morgan fingerprint density at radius 1 is 0.750 bits per heavy atom. The maximum Gasteiger partial charge on any atom is 0.127 e. The molecule has 128 valence electrons. The normalized spacial score (nSPS) is 10.4. The highest BCUT2D eigenvalue weighted by Crippen LogP contribution is 2.27. The van der Waals surface area contributed by atoms with Gasteiger partial charge in [0.2, 0.25) is 0 Å². The number of thiocarbonyl (C=S) groups is 1. The summed E-state index contributed by atoms with van der Waals surface area (Å²) in [6, 6.07) is 16.0. The topological polar surface area (TPSA) is 18.5 Å². The molecule has 0 aliphatic heterocycles. The molecule has 0 aliphatic carbocycles. The van der Waals surface area contributed by atoms with Gasteiger partial charge in [0.15, 0.2) is 0 Å². The van der Waals surface area contributed by atoms with Gasteiger partial charge in [-0.05, 0) is 37.1 Å². The Hall–Kier alpha value is -1.87. The lowest BCUT2D eigenvalue weighted by Gasteiger charge is -2.15. The first-order chi connectivity index (χ1) is 11.8. The summed E-state index contributed by atoms with van der Waals surface area (Å²) >= 11 is 5.76. The lowest BCUT2D eigenvalue weighted by Crippen LogP contribution is -2.08. The molecule has 0 N–H and O–H groups in total. The van der Waals surface area contributed by atoms with Gasteiger partial charge in [0.25, 0.3) is 0 Å². The highest BCUT2D eigenvalue weighted by molar-refractivity contribution is 7.81. The molecule has 3 heteroatoms. The number of benzene rings is 2. The number of unbranched alkanes of at least 4 members (excludes halogenated alkanes) is 2. The average molecular weight is 343 g/mol. The number of para-hydroxylation sites is 2. The lowest BCUT2D eigenvalue weighted by atomic mass is 10.0. The number of hydrogen-bond acceptors (Lipinski definition) is 3. The minimum absolute atomic E-state index is 0.713. The number of ether oxygens (including phenoxy) is 2. The summed E-state index contributed by atoms with van der Waals surface area (Å²) in [5, 5.41) is 0. The molecule has 2 rings (SSSR count). The molecule has 2 aromatic rings. The molecule has 0 radical (unpaired) electrons. The molecule has 0 amide bonds. The fourth-order valence-corrected chi connectivity index (χ4v) is 2.70. The van der Waals surface area contributed by atoms with Crippen LogP contribution in [0, 0.1) is 0 Å². The molecular weight excluding hydrogens is 316 g/mol. The van der Waals surface area contributed by atoms with Crippen molar-refractivity contribution in [2.45, 2.75) is 39.5 Å². The molecule has 0 bridgehead atoms. The zero-order valence-corrected chi connectivity index (χ0v) is 15.4. The van der Waals surface area contributed by atoms with Gasteiger partial charge in [-0.2, -0.15) is 0 Å². The smallest absolute Gasteiger partial charge is 0.127 e. The fraction of sp³-hybridized carbons (Fsp3) is 0.381. The number of rotatable bonds is 10. The van der Waals surface area contributed by atoms with Crippen molar-refractivity contribution in [3.05, 3.63) is 59.7 Å². The minimum atomic E-state index is 0.713. The van der Waals surface area contributed by atoms with Crippen molar-refractivity contribution in [2.24, 2.45) is 0 Å². The monoisotopic (exact) mass is 342 g/mol. The quantitative estimate of drug-likeness (QED) is 0.308. The van der Waals surface area contributed by atoms with E-state index >= 15 is 0 Å². The van der Waals surface area contributed by atoms with Crippen LogP contribution in [0.15, 0.2) is 48.5 Å². The van der Waals surface area contributed by atoms with Crippen molar-refractivity contribution < 1.29 is 9.47 Å². The molecule has 0 saturated carbocycles. The Morgan fingerprint density at radius 2 is 1.17 bits per heavy atom. The lowest BCUT2D eigenvalue weighted by molar-refractivity contribution is 0.308. The van der Waals surface area contributed by atoms with E-state index in [-0.39, 0.29) is 0 Å². The molecule has 0 saturated heterocycles. The summed E-state index contributed by atoms with van der Waals surface area (Å²) in [5.41, 5.74) is 1.91. The van der Waals surface area contributed by atoms with Crippen molar-refractivity contribution in [1.82, 2.24) is 0 Å². The van der Waals surface area contributed by atoms with Crippen LogP contribution in [0.5, 0.6) is 11.5 Å². The summed E-state index contributed by atoms with van der Waals surface area (Å²) in [4.78, 5) is 0.772. The van der Waals surface area contributed by atoms with Gasteiger partial charge < -0.3 is 9.47 Å². The van der Waals surface area contributed by atoms with Crippen LogP contribution in [-0.4, -0.2) is 18.1 Å². The summed E-state index contributed by atoms with van der Waals surface area (Å²) in [5.74, 6) is 1.69. The average Bonchev–Trinajstić information content (AvgIpc) is 2.62. The highest BCUT2D eigenvalue weighted by Gasteiger charge is 2.14. The second kappa shape index (κ2) is 10.1. The van der Waals surface area contributed by atoms with Crippen molar-refractivity contribution in [3.63, 3.8) is 0 Å². The molecular formula is C21H26O2S. The van der Waals surface area contributed by atoms with E-state index in [1.54, 1.807) is 0 Å². The maximum atomic E-state index is 5.93. The molecule has 2 nitrogen and oxygen atoms in total. The van der Waals surface area contributed by atoms with Crippen molar-refractivity contribution in [1.29, 1.82) is 0 Å². The van der Waals surface area contributed by atoms with Crippen LogP contribution in [0.2, 0.25) is 0 Å². The third kappa shape index (κ3) is 5.07. The van der Waals surface area contributed by atoms with Crippen molar-refractivity contribution in [3.8, 4) is 11.5 Å².